The predicted molar refractivity (Wildman–Crippen MR) is 134 cm³/mol. The molecule has 2 aromatic carbocycles. The number of fused-ring (bicyclic) bond motifs is 4. The first-order chi connectivity index (χ1) is 16.9. The van der Waals surface area contributed by atoms with Crippen molar-refractivity contribution in [2.45, 2.75) is 45.2 Å². The van der Waals surface area contributed by atoms with Crippen LogP contribution in [0.25, 0.3) is 10.9 Å². The Labute approximate surface area is 204 Å². The fourth-order valence-electron chi connectivity index (χ4n) is 5.53. The zero-order chi connectivity index (χ0) is 24.7. The third kappa shape index (κ3) is 3.72. The van der Waals surface area contributed by atoms with E-state index in [-0.39, 0.29) is 17.7 Å². The second-order valence-electron chi connectivity index (χ2n) is 9.42. The zero-order valence-electron chi connectivity index (χ0n) is 20.4. The highest BCUT2D eigenvalue weighted by atomic mass is 16.5. The molecule has 2 aliphatic heterocycles. The topological polar surface area (TPSA) is 97.9 Å². The van der Waals surface area contributed by atoms with Crippen LogP contribution in [0.5, 0.6) is 11.5 Å². The SMILES string of the molecule is CCNCCCN1C(=O)N2[C@H](c3cccc(O)c3)c3[nH]c4ccc(OCC)cc4c3C[C@@]2(C)C1=O. The predicted octanol–water partition coefficient (Wildman–Crippen LogP) is 3.94. The van der Waals surface area contributed by atoms with Gasteiger partial charge in [0, 0.05) is 29.6 Å². The van der Waals surface area contributed by atoms with E-state index >= 15 is 0 Å². The summed E-state index contributed by atoms with van der Waals surface area (Å²) in [5.41, 5.74) is 2.52. The maximum absolute atomic E-state index is 13.8. The van der Waals surface area contributed by atoms with Crippen molar-refractivity contribution in [3.63, 3.8) is 0 Å². The first kappa shape index (κ1) is 23.2. The Balaban J connectivity index is 1.64. The second-order valence-corrected chi connectivity index (χ2v) is 9.42. The van der Waals surface area contributed by atoms with Gasteiger partial charge in [0.25, 0.3) is 5.91 Å². The molecule has 3 heterocycles. The summed E-state index contributed by atoms with van der Waals surface area (Å²) in [4.78, 5) is 34.2. The smallest absolute Gasteiger partial charge is 0.328 e. The molecule has 1 saturated heterocycles. The zero-order valence-corrected chi connectivity index (χ0v) is 20.4. The number of aromatic amines is 1. The minimum absolute atomic E-state index is 0.117. The van der Waals surface area contributed by atoms with Crippen LogP contribution >= 0.6 is 0 Å². The average Bonchev–Trinajstić information content (AvgIpc) is 3.28. The number of hydrogen-bond donors (Lipinski definition) is 3. The number of ether oxygens (including phenoxy) is 1. The Hall–Kier alpha value is -3.52. The van der Waals surface area contributed by atoms with Crippen LogP contribution in [0.1, 0.15) is 50.1 Å². The number of phenols is 1. The monoisotopic (exact) mass is 476 g/mol. The van der Waals surface area contributed by atoms with Gasteiger partial charge in [0.2, 0.25) is 0 Å². The summed E-state index contributed by atoms with van der Waals surface area (Å²) in [6.45, 7) is 8.35. The fourth-order valence-corrected chi connectivity index (χ4v) is 5.53. The number of carbonyl (C=O) groups is 2. The van der Waals surface area contributed by atoms with E-state index in [1.54, 1.807) is 23.1 Å². The molecule has 184 valence electrons. The molecule has 8 heteroatoms. The number of hydrogen-bond acceptors (Lipinski definition) is 5. The van der Waals surface area contributed by atoms with Gasteiger partial charge in [-0.2, -0.15) is 0 Å². The average molecular weight is 477 g/mol. The van der Waals surface area contributed by atoms with Crippen molar-refractivity contribution < 1.29 is 19.4 Å². The summed E-state index contributed by atoms with van der Waals surface area (Å²) in [5, 5.41) is 14.5. The normalized spacial score (nSPS) is 21.5. The van der Waals surface area contributed by atoms with Crippen LogP contribution in [-0.4, -0.2) is 63.6 Å². The summed E-state index contributed by atoms with van der Waals surface area (Å²) in [6, 6.07) is 12.0. The summed E-state index contributed by atoms with van der Waals surface area (Å²) >= 11 is 0. The number of benzene rings is 2. The Morgan fingerprint density at radius 3 is 2.77 bits per heavy atom. The van der Waals surface area contributed by atoms with Crippen LogP contribution in [0.15, 0.2) is 42.5 Å². The third-order valence-electron chi connectivity index (χ3n) is 7.12. The first-order valence-corrected chi connectivity index (χ1v) is 12.3. The number of nitrogens with zero attached hydrogens (tertiary/aromatic N) is 2. The van der Waals surface area contributed by atoms with Gasteiger partial charge in [-0.15, -0.1) is 0 Å². The van der Waals surface area contributed by atoms with Gasteiger partial charge in [0.1, 0.15) is 23.1 Å². The number of rotatable bonds is 8. The molecule has 3 amide bonds. The number of imide groups is 1. The van der Waals surface area contributed by atoms with Crippen LogP contribution < -0.4 is 10.1 Å². The van der Waals surface area contributed by atoms with E-state index in [0.717, 1.165) is 46.6 Å². The molecular weight excluding hydrogens is 444 g/mol. The van der Waals surface area contributed by atoms with Crippen molar-refractivity contribution in [1.29, 1.82) is 0 Å². The molecule has 1 aromatic heterocycles. The van der Waals surface area contributed by atoms with Gasteiger partial charge in [-0.25, -0.2) is 4.79 Å². The fraction of sp³-hybridized carbons (Fsp3) is 0.407. The van der Waals surface area contributed by atoms with Crippen molar-refractivity contribution in [3.8, 4) is 11.5 Å². The molecule has 1 fully saturated rings. The van der Waals surface area contributed by atoms with Gasteiger partial charge in [0.05, 0.1) is 6.61 Å². The minimum atomic E-state index is -1.03. The van der Waals surface area contributed by atoms with Crippen LogP contribution in [0.2, 0.25) is 0 Å². The number of nitrogens with one attached hydrogen (secondary N) is 2. The molecule has 3 aromatic rings. The molecule has 0 saturated carbocycles. The number of amides is 3. The quantitative estimate of drug-likeness (QED) is 0.338. The van der Waals surface area contributed by atoms with Gasteiger partial charge in [-0.05, 0) is 74.8 Å². The highest BCUT2D eigenvalue weighted by molar-refractivity contribution is 6.08. The van der Waals surface area contributed by atoms with Gasteiger partial charge in [-0.3, -0.25) is 14.6 Å². The van der Waals surface area contributed by atoms with E-state index in [2.05, 4.69) is 10.3 Å². The van der Waals surface area contributed by atoms with E-state index in [1.807, 2.05) is 45.0 Å². The molecule has 0 unspecified atom stereocenters. The van der Waals surface area contributed by atoms with Crippen LogP contribution in [0.3, 0.4) is 0 Å². The van der Waals surface area contributed by atoms with Crippen LogP contribution in [0, 0.1) is 0 Å². The van der Waals surface area contributed by atoms with Crippen molar-refractivity contribution in [2.75, 3.05) is 26.2 Å². The van der Waals surface area contributed by atoms with E-state index in [0.29, 0.717) is 26.0 Å². The van der Waals surface area contributed by atoms with E-state index in [4.69, 9.17) is 4.74 Å². The third-order valence-corrected chi connectivity index (χ3v) is 7.12. The molecule has 0 bridgehead atoms. The van der Waals surface area contributed by atoms with Gasteiger partial charge < -0.3 is 20.1 Å². The number of phenolic OH excluding ortho intramolecular Hbond substituents is 1. The second kappa shape index (κ2) is 8.92. The molecule has 5 rings (SSSR count). The maximum atomic E-state index is 13.8. The van der Waals surface area contributed by atoms with Crippen molar-refractivity contribution in [3.05, 3.63) is 59.3 Å². The summed E-state index contributed by atoms with van der Waals surface area (Å²) in [7, 11) is 0. The Kier molecular flexibility index (Phi) is 5.92. The molecule has 0 spiro atoms. The van der Waals surface area contributed by atoms with Crippen molar-refractivity contribution in [2.24, 2.45) is 0 Å². The number of aromatic nitrogens is 1. The Morgan fingerprint density at radius 1 is 1.20 bits per heavy atom. The first-order valence-electron chi connectivity index (χ1n) is 12.3. The van der Waals surface area contributed by atoms with Crippen LogP contribution in [-0.2, 0) is 11.2 Å². The highest BCUT2D eigenvalue weighted by Gasteiger charge is 2.60. The molecule has 3 N–H and O–H groups in total. The molecule has 2 atom stereocenters. The molecule has 2 aliphatic rings. The van der Waals surface area contributed by atoms with Gasteiger partial charge in [0.15, 0.2) is 0 Å². The maximum Gasteiger partial charge on any atom is 0.328 e. The lowest BCUT2D eigenvalue weighted by molar-refractivity contribution is -0.133. The van der Waals surface area contributed by atoms with Crippen LogP contribution in [0.4, 0.5) is 4.79 Å². The van der Waals surface area contributed by atoms with Crippen molar-refractivity contribution in [1.82, 2.24) is 20.1 Å². The van der Waals surface area contributed by atoms with E-state index in [1.165, 1.54) is 4.90 Å². The number of carbonyl (C=O) groups excluding carboxylic acids is 2. The Bertz CT molecular complexity index is 1290. The van der Waals surface area contributed by atoms with Crippen molar-refractivity contribution >= 4 is 22.8 Å². The summed E-state index contributed by atoms with van der Waals surface area (Å²) < 4.78 is 5.74. The largest absolute Gasteiger partial charge is 0.508 e. The van der Waals surface area contributed by atoms with Gasteiger partial charge >= 0.3 is 6.03 Å². The number of urea groups is 1. The summed E-state index contributed by atoms with van der Waals surface area (Å²) in [6.07, 6.45) is 1.10. The minimum Gasteiger partial charge on any atom is -0.508 e. The molecule has 0 radical (unpaired) electrons. The molecule has 0 aliphatic carbocycles. The highest BCUT2D eigenvalue weighted by Crippen LogP contribution is 2.49. The number of H-pyrrole nitrogens is 1. The lowest BCUT2D eigenvalue weighted by Crippen LogP contribution is -2.53. The standard InChI is InChI=1S/C27H32N4O4/c1-4-28-12-7-13-30-25(33)27(3)16-21-20-15-19(35-5-2)10-11-22(20)29-23(21)24(31(27)26(30)34)17-8-6-9-18(32)14-17/h6,8-11,14-15,24,28-29,32H,4-5,7,12-13,16H2,1-3H3/t24-,27+/m1/s1. The number of aromatic hydroxyl groups is 1. The van der Waals surface area contributed by atoms with Gasteiger partial charge in [-0.1, -0.05) is 19.1 Å². The molecule has 8 nitrogen and oxygen atoms in total. The lowest BCUT2D eigenvalue weighted by atomic mass is 9.81. The summed E-state index contributed by atoms with van der Waals surface area (Å²) in [5.74, 6) is 0.707. The molecule has 35 heavy (non-hydrogen) atoms. The lowest BCUT2D eigenvalue weighted by Gasteiger charge is -2.42. The van der Waals surface area contributed by atoms with E-state index in [9.17, 15) is 14.7 Å². The molecular formula is C27H32N4O4. The Morgan fingerprint density at radius 2 is 2.03 bits per heavy atom. The van der Waals surface area contributed by atoms with E-state index < -0.39 is 11.6 Å².